The first kappa shape index (κ1) is 14.9. The van der Waals surface area contributed by atoms with Crippen LogP contribution in [-0.4, -0.2) is 33.9 Å². The fraction of sp³-hybridized carbons (Fsp3) is 0.789. The smallest absolute Gasteiger partial charge is 0.312 e. The van der Waals surface area contributed by atoms with Gasteiger partial charge in [-0.05, 0) is 50.4 Å². The maximum absolute atomic E-state index is 12.7. The molecule has 2 N–H and O–H groups in total. The molecule has 4 saturated carbocycles. The number of carbonyl (C=O) groups excluding carboxylic acids is 1. The highest BCUT2D eigenvalue weighted by Crippen LogP contribution is 2.77. The summed E-state index contributed by atoms with van der Waals surface area (Å²) in [6.07, 6.45) is 3.58. The molecule has 0 amide bonds. The van der Waals surface area contributed by atoms with Crippen LogP contribution in [0.25, 0.3) is 0 Å². The molecule has 4 aliphatic carbocycles. The molecule has 1 saturated heterocycles. The predicted molar refractivity (Wildman–Crippen MR) is 83.8 cm³/mol. The van der Waals surface area contributed by atoms with Gasteiger partial charge in [-0.2, -0.15) is 0 Å². The van der Waals surface area contributed by atoms with Gasteiger partial charge in [-0.3, -0.25) is 9.59 Å². The summed E-state index contributed by atoms with van der Waals surface area (Å²) in [5, 5.41) is 20.6. The van der Waals surface area contributed by atoms with Gasteiger partial charge >= 0.3 is 11.9 Å². The summed E-state index contributed by atoms with van der Waals surface area (Å²) in [5.74, 6) is -1.56. The van der Waals surface area contributed by atoms with Gasteiger partial charge in [0, 0.05) is 18.3 Å². The van der Waals surface area contributed by atoms with Gasteiger partial charge in [0.25, 0.3) is 0 Å². The molecular weight excluding hydrogens is 308 g/mol. The van der Waals surface area contributed by atoms with Crippen LogP contribution in [0, 0.1) is 34.5 Å². The number of aliphatic hydroxyl groups excluding tert-OH is 1. The van der Waals surface area contributed by atoms with Crippen molar-refractivity contribution in [2.24, 2.45) is 34.5 Å². The highest BCUT2D eigenvalue weighted by Gasteiger charge is 2.82. The van der Waals surface area contributed by atoms with Crippen molar-refractivity contribution < 1.29 is 24.5 Å². The molecular formula is C19H24O5. The summed E-state index contributed by atoms with van der Waals surface area (Å²) in [4.78, 5) is 25.1. The molecule has 8 atom stereocenters. The van der Waals surface area contributed by atoms with E-state index in [1.165, 1.54) is 5.57 Å². The summed E-state index contributed by atoms with van der Waals surface area (Å²) >= 11 is 0. The number of carboxylic acid groups (broad SMARTS) is 1. The minimum atomic E-state index is -0.883. The van der Waals surface area contributed by atoms with Crippen LogP contribution in [0.5, 0.6) is 0 Å². The van der Waals surface area contributed by atoms with E-state index in [1.54, 1.807) is 0 Å². The second kappa shape index (κ2) is 4.06. The summed E-state index contributed by atoms with van der Waals surface area (Å²) in [6.45, 7) is 6.03. The van der Waals surface area contributed by atoms with Gasteiger partial charge in [0.05, 0.1) is 17.4 Å². The largest absolute Gasteiger partial charge is 0.481 e. The lowest BCUT2D eigenvalue weighted by atomic mass is 9.59. The normalized spacial score (nSPS) is 57.5. The fourth-order valence-electron chi connectivity index (χ4n) is 7.78. The molecule has 0 aromatic heterocycles. The monoisotopic (exact) mass is 332 g/mol. The number of aliphatic carboxylic acids is 1. The Morgan fingerprint density at radius 2 is 2.04 bits per heavy atom. The van der Waals surface area contributed by atoms with Crippen LogP contribution in [-0.2, 0) is 14.3 Å². The van der Waals surface area contributed by atoms with Crippen LogP contribution in [0.15, 0.2) is 12.2 Å². The minimum absolute atomic E-state index is 0.0346. The zero-order valence-corrected chi connectivity index (χ0v) is 14.0. The van der Waals surface area contributed by atoms with Gasteiger partial charge in [-0.1, -0.05) is 12.2 Å². The SMILES string of the molecule is C=C1C[C@]23C[C@H]1CC[C@H]2[C@@]12C[C@H](O)C[C@](C)(C(=O)O1)[C@H]2[C@@H]3C(=O)O. The zero-order chi connectivity index (χ0) is 17.1. The molecule has 1 spiro atoms. The van der Waals surface area contributed by atoms with E-state index in [0.29, 0.717) is 18.8 Å². The molecule has 1 heterocycles. The molecule has 0 aromatic rings. The van der Waals surface area contributed by atoms with Crippen molar-refractivity contribution in [3.8, 4) is 0 Å². The topological polar surface area (TPSA) is 83.8 Å². The lowest BCUT2D eigenvalue weighted by Crippen LogP contribution is -2.51. The Hall–Kier alpha value is -1.36. The molecule has 5 rings (SSSR count). The fourth-order valence-corrected chi connectivity index (χ4v) is 7.78. The third-order valence-corrected chi connectivity index (χ3v) is 8.24. The average Bonchev–Trinajstić information content (AvgIpc) is 2.92. The lowest BCUT2D eigenvalue weighted by molar-refractivity contribution is -0.161. The van der Waals surface area contributed by atoms with Crippen LogP contribution >= 0.6 is 0 Å². The summed E-state index contributed by atoms with van der Waals surface area (Å²) < 4.78 is 6.01. The number of hydrogen-bond donors (Lipinski definition) is 2. The molecule has 0 aromatic carbocycles. The van der Waals surface area contributed by atoms with Gasteiger partial charge in [0.2, 0.25) is 0 Å². The van der Waals surface area contributed by atoms with Crippen LogP contribution < -0.4 is 0 Å². The van der Waals surface area contributed by atoms with Crippen molar-refractivity contribution in [1.82, 2.24) is 0 Å². The minimum Gasteiger partial charge on any atom is -0.481 e. The number of esters is 1. The molecule has 0 radical (unpaired) electrons. The van der Waals surface area contributed by atoms with Crippen molar-refractivity contribution in [2.45, 2.75) is 57.2 Å². The Kier molecular flexibility index (Phi) is 2.53. The van der Waals surface area contributed by atoms with E-state index in [-0.39, 0.29) is 23.2 Å². The number of aliphatic hydroxyl groups is 1. The first-order valence-electron chi connectivity index (χ1n) is 9.06. The molecule has 5 heteroatoms. The number of rotatable bonds is 1. The van der Waals surface area contributed by atoms with Crippen molar-refractivity contribution in [3.05, 3.63) is 12.2 Å². The first-order chi connectivity index (χ1) is 11.2. The third kappa shape index (κ3) is 1.36. The van der Waals surface area contributed by atoms with Crippen LogP contribution in [0.3, 0.4) is 0 Å². The van der Waals surface area contributed by atoms with Gasteiger partial charge in [-0.25, -0.2) is 0 Å². The summed E-state index contributed by atoms with van der Waals surface area (Å²) in [6, 6.07) is 0. The van der Waals surface area contributed by atoms with Crippen LogP contribution in [0.1, 0.15) is 45.4 Å². The highest BCUT2D eigenvalue weighted by molar-refractivity contribution is 5.84. The Labute approximate surface area is 141 Å². The summed E-state index contributed by atoms with van der Waals surface area (Å²) in [7, 11) is 0. The van der Waals surface area contributed by atoms with E-state index < -0.39 is 29.0 Å². The Balaban J connectivity index is 1.75. The predicted octanol–water partition coefficient (Wildman–Crippen LogP) is 2.14. The highest BCUT2D eigenvalue weighted by atomic mass is 16.6. The second-order valence-electron chi connectivity index (χ2n) is 9.22. The zero-order valence-electron chi connectivity index (χ0n) is 14.0. The third-order valence-electron chi connectivity index (χ3n) is 8.24. The molecule has 130 valence electrons. The van der Waals surface area contributed by atoms with Gasteiger partial charge in [-0.15, -0.1) is 0 Å². The standard InChI is InChI=1S/C19H24O5/c1-9-5-18-6-10(9)3-4-12(18)19-8-11(20)7-17(2,16(23)24-19)14(19)13(18)15(21)22/h10-14,20H,1,3-8H2,2H3,(H,21,22)/t10-,11-,12-,13-,14-,17+,18+,19-/m1/s1. The number of ether oxygens (including phenoxy) is 1. The second-order valence-corrected chi connectivity index (χ2v) is 9.22. The van der Waals surface area contributed by atoms with E-state index in [4.69, 9.17) is 4.74 Å². The number of fused-ring (bicyclic) bond motifs is 1. The van der Waals surface area contributed by atoms with Crippen molar-refractivity contribution in [2.75, 3.05) is 0 Å². The Morgan fingerprint density at radius 1 is 1.29 bits per heavy atom. The molecule has 24 heavy (non-hydrogen) atoms. The molecule has 5 aliphatic rings. The maximum Gasteiger partial charge on any atom is 0.312 e. The molecule has 0 unspecified atom stereocenters. The first-order valence-corrected chi connectivity index (χ1v) is 9.06. The summed E-state index contributed by atoms with van der Waals surface area (Å²) in [5.41, 5.74) is -0.844. The molecule has 5 fully saturated rings. The lowest BCUT2D eigenvalue weighted by Gasteiger charge is -2.44. The van der Waals surface area contributed by atoms with Gasteiger partial charge < -0.3 is 14.9 Å². The molecule has 5 nitrogen and oxygen atoms in total. The number of hydrogen-bond acceptors (Lipinski definition) is 4. The number of allylic oxidation sites excluding steroid dienone is 1. The van der Waals surface area contributed by atoms with Crippen molar-refractivity contribution in [3.63, 3.8) is 0 Å². The molecule has 1 aliphatic heterocycles. The van der Waals surface area contributed by atoms with E-state index in [2.05, 4.69) is 6.58 Å². The Bertz CT molecular complexity index is 685. The maximum atomic E-state index is 12.7. The van der Waals surface area contributed by atoms with Gasteiger partial charge in [0.15, 0.2) is 0 Å². The van der Waals surface area contributed by atoms with Gasteiger partial charge in [0.1, 0.15) is 5.60 Å². The Morgan fingerprint density at radius 3 is 2.75 bits per heavy atom. The van der Waals surface area contributed by atoms with Crippen LogP contribution in [0.4, 0.5) is 0 Å². The van der Waals surface area contributed by atoms with Crippen LogP contribution in [0.2, 0.25) is 0 Å². The van der Waals surface area contributed by atoms with E-state index in [1.807, 2.05) is 6.92 Å². The number of carbonyl (C=O) groups is 2. The molecule has 4 bridgehead atoms. The van der Waals surface area contributed by atoms with E-state index in [9.17, 15) is 19.8 Å². The average molecular weight is 332 g/mol. The number of carboxylic acids is 1. The van der Waals surface area contributed by atoms with E-state index in [0.717, 1.165) is 25.7 Å². The van der Waals surface area contributed by atoms with Crippen molar-refractivity contribution >= 4 is 11.9 Å². The van der Waals surface area contributed by atoms with Crippen molar-refractivity contribution in [1.29, 1.82) is 0 Å². The van der Waals surface area contributed by atoms with E-state index >= 15 is 0 Å². The quantitative estimate of drug-likeness (QED) is 0.568.